The molecule has 0 unspecified atom stereocenters. The molecule has 0 spiro atoms. The number of carbonyl (C=O) groups excluding carboxylic acids is 2. The third-order valence-electron chi connectivity index (χ3n) is 7.09. The van der Waals surface area contributed by atoms with Crippen molar-refractivity contribution in [2.45, 2.75) is 77.5 Å². The number of nitrogens with zero attached hydrogens (tertiary/aromatic N) is 1. The molecule has 0 bridgehead atoms. The van der Waals surface area contributed by atoms with Crippen LogP contribution in [0.1, 0.15) is 62.6 Å². The molecule has 0 saturated carbocycles. The summed E-state index contributed by atoms with van der Waals surface area (Å²) in [4.78, 5) is 28.0. The number of carbonyl (C=O) groups is 2. The van der Waals surface area contributed by atoms with Gasteiger partial charge < -0.3 is 15.0 Å². The van der Waals surface area contributed by atoms with Gasteiger partial charge in [0.2, 0.25) is 11.8 Å². The molecule has 2 aromatic rings. The molecule has 1 fully saturated rings. The second-order valence-corrected chi connectivity index (χ2v) is 9.34. The fraction of sp³-hybridized carbons (Fsp3) is 0.500. The Kier molecular flexibility index (Phi) is 7.69. The lowest BCUT2D eigenvalue weighted by atomic mass is 9.98. The van der Waals surface area contributed by atoms with E-state index in [9.17, 15) is 9.59 Å². The molecular weight excluding hydrogens is 412 g/mol. The Bertz CT molecular complexity index is 927. The van der Waals surface area contributed by atoms with Crippen molar-refractivity contribution in [3.8, 4) is 5.75 Å². The van der Waals surface area contributed by atoms with Crippen LogP contribution in [0, 0.1) is 5.92 Å². The summed E-state index contributed by atoms with van der Waals surface area (Å²) in [6.45, 7) is 5.23. The second-order valence-electron chi connectivity index (χ2n) is 9.34. The van der Waals surface area contributed by atoms with Gasteiger partial charge in [-0.1, -0.05) is 50.2 Å². The molecule has 1 aliphatic carbocycles. The van der Waals surface area contributed by atoms with Crippen LogP contribution in [0.4, 0.5) is 0 Å². The number of ether oxygens (including phenoxy) is 1. The van der Waals surface area contributed by atoms with Crippen LogP contribution in [-0.4, -0.2) is 35.4 Å². The van der Waals surface area contributed by atoms with E-state index in [1.165, 1.54) is 11.1 Å². The molecule has 0 aromatic heterocycles. The maximum absolute atomic E-state index is 13.4. The summed E-state index contributed by atoms with van der Waals surface area (Å²) in [5.74, 6) is 0.868. The maximum Gasteiger partial charge on any atom is 0.242 e. The van der Waals surface area contributed by atoms with Gasteiger partial charge in [-0.25, -0.2) is 0 Å². The number of hydrogen-bond acceptors (Lipinski definition) is 3. The Balaban J connectivity index is 1.45. The predicted molar refractivity (Wildman–Crippen MR) is 130 cm³/mol. The first-order chi connectivity index (χ1) is 16.1. The first-order valence-electron chi connectivity index (χ1n) is 12.5. The van der Waals surface area contributed by atoms with Gasteiger partial charge in [0, 0.05) is 31.8 Å². The van der Waals surface area contributed by atoms with E-state index in [1.54, 1.807) is 0 Å². The van der Waals surface area contributed by atoms with Gasteiger partial charge in [0.15, 0.2) is 0 Å². The first-order valence-corrected chi connectivity index (χ1v) is 12.5. The molecular formula is C28H36N2O3. The number of fused-ring (bicyclic) bond motifs is 1. The SMILES string of the molecule is CCC(CC)C(=O)N(Cc1ccc(OC2Cc3ccccc3C2)cc1)[C@H]1CCCCNC1=O. The number of benzene rings is 2. The molecule has 2 amide bonds. The van der Waals surface area contributed by atoms with Gasteiger partial charge in [0.05, 0.1) is 0 Å². The van der Waals surface area contributed by atoms with E-state index >= 15 is 0 Å². The highest BCUT2D eigenvalue weighted by Gasteiger charge is 2.33. The van der Waals surface area contributed by atoms with Gasteiger partial charge in [-0.2, -0.15) is 0 Å². The van der Waals surface area contributed by atoms with Crippen LogP contribution in [0.15, 0.2) is 48.5 Å². The largest absolute Gasteiger partial charge is 0.490 e. The quantitative estimate of drug-likeness (QED) is 0.639. The molecule has 4 rings (SSSR count). The third kappa shape index (κ3) is 5.58. The Morgan fingerprint density at radius 1 is 1.03 bits per heavy atom. The Morgan fingerprint density at radius 3 is 2.33 bits per heavy atom. The van der Waals surface area contributed by atoms with Gasteiger partial charge in [-0.3, -0.25) is 9.59 Å². The van der Waals surface area contributed by atoms with Gasteiger partial charge in [0.1, 0.15) is 17.9 Å². The summed E-state index contributed by atoms with van der Waals surface area (Å²) < 4.78 is 6.24. The lowest BCUT2D eigenvalue weighted by molar-refractivity contribution is -0.144. The predicted octanol–water partition coefficient (Wildman–Crippen LogP) is 4.67. The number of rotatable bonds is 8. The summed E-state index contributed by atoms with van der Waals surface area (Å²) in [6.07, 6.45) is 6.25. The molecule has 1 atom stereocenters. The normalized spacial score (nSPS) is 18.5. The minimum Gasteiger partial charge on any atom is -0.490 e. The van der Waals surface area contributed by atoms with E-state index in [0.29, 0.717) is 13.1 Å². The summed E-state index contributed by atoms with van der Waals surface area (Å²) in [5, 5.41) is 2.99. The van der Waals surface area contributed by atoms with Crippen molar-refractivity contribution in [3.05, 3.63) is 65.2 Å². The minimum absolute atomic E-state index is 0.0208. The monoisotopic (exact) mass is 448 g/mol. The fourth-order valence-corrected chi connectivity index (χ4v) is 5.10. The molecule has 2 aliphatic rings. The summed E-state index contributed by atoms with van der Waals surface area (Å²) in [6, 6.07) is 16.2. The van der Waals surface area contributed by atoms with Crippen LogP contribution < -0.4 is 10.1 Å². The molecule has 1 aliphatic heterocycles. The van der Waals surface area contributed by atoms with E-state index in [0.717, 1.165) is 56.3 Å². The van der Waals surface area contributed by atoms with Crippen molar-refractivity contribution in [1.29, 1.82) is 0 Å². The Morgan fingerprint density at radius 2 is 1.70 bits per heavy atom. The number of amides is 2. The topological polar surface area (TPSA) is 58.6 Å². The Hall–Kier alpha value is -2.82. The van der Waals surface area contributed by atoms with Gasteiger partial charge in [0.25, 0.3) is 0 Å². The van der Waals surface area contributed by atoms with Crippen LogP contribution in [0.25, 0.3) is 0 Å². The van der Waals surface area contributed by atoms with E-state index in [4.69, 9.17) is 4.74 Å². The van der Waals surface area contributed by atoms with Crippen molar-refractivity contribution >= 4 is 11.8 Å². The molecule has 33 heavy (non-hydrogen) atoms. The second kappa shape index (κ2) is 10.9. The number of hydrogen-bond donors (Lipinski definition) is 1. The molecule has 176 valence electrons. The van der Waals surface area contributed by atoms with E-state index in [2.05, 4.69) is 29.6 Å². The standard InChI is InChI=1S/C28H36N2O3/c1-3-21(4-2)28(32)30(26-11-7-8-16-29-27(26)31)19-20-12-14-24(15-13-20)33-25-17-22-9-5-6-10-23(22)18-25/h5-6,9-10,12-15,21,25-26H,3-4,7-8,11,16-19H2,1-2H3,(H,29,31)/t26-/m0/s1. The number of nitrogens with one attached hydrogen (secondary N) is 1. The third-order valence-corrected chi connectivity index (χ3v) is 7.09. The van der Waals surface area contributed by atoms with Crippen molar-refractivity contribution in [2.24, 2.45) is 5.92 Å². The minimum atomic E-state index is -0.395. The molecule has 1 saturated heterocycles. The van der Waals surface area contributed by atoms with E-state index in [1.807, 2.05) is 43.0 Å². The van der Waals surface area contributed by atoms with Gasteiger partial charge >= 0.3 is 0 Å². The first kappa shape index (κ1) is 23.3. The zero-order valence-corrected chi connectivity index (χ0v) is 19.9. The maximum atomic E-state index is 13.4. The van der Waals surface area contributed by atoms with Crippen molar-refractivity contribution in [3.63, 3.8) is 0 Å². The molecule has 2 aromatic carbocycles. The van der Waals surface area contributed by atoms with Crippen LogP contribution in [0.2, 0.25) is 0 Å². The zero-order valence-electron chi connectivity index (χ0n) is 19.9. The average molecular weight is 449 g/mol. The molecule has 5 nitrogen and oxygen atoms in total. The lowest BCUT2D eigenvalue weighted by Gasteiger charge is -2.33. The van der Waals surface area contributed by atoms with Gasteiger partial charge in [-0.05, 0) is 60.9 Å². The highest BCUT2D eigenvalue weighted by molar-refractivity contribution is 5.88. The van der Waals surface area contributed by atoms with Crippen LogP contribution >= 0.6 is 0 Å². The molecule has 0 radical (unpaired) electrons. The van der Waals surface area contributed by atoms with Crippen LogP contribution in [0.3, 0.4) is 0 Å². The van der Waals surface area contributed by atoms with E-state index in [-0.39, 0.29) is 23.8 Å². The smallest absolute Gasteiger partial charge is 0.242 e. The fourth-order valence-electron chi connectivity index (χ4n) is 5.10. The molecule has 1 heterocycles. The van der Waals surface area contributed by atoms with Crippen LogP contribution in [0.5, 0.6) is 5.75 Å². The average Bonchev–Trinajstić information content (AvgIpc) is 3.12. The van der Waals surface area contributed by atoms with Crippen molar-refractivity contribution in [1.82, 2.24) is 10.2 Å². The summed E-state index contributed by atoms with van der Waals surface area (Å²) in [7, 11) is 0. The van der Waals surface area contributed by atoms with Gasteiger partial charge in [-0.15, -0.1) is 0 Å². The Labute approximate surface area is 197 Å². The molecule has 5 heteroatoms. The lowest BCUT2D eigenvalue weighted by Crippen LogP contribution is -2.50. The molecule has 1 N–H and O–H groups in total. The zero-order chi connectivity index (χ0) is 23.2. The van der Waals surface area contributed by atoms with Crippen molar-refractivity contribution in [2.75, 3.05) is 6.54 Å². The van der Waals surface area contributed by atoms with E-state index < -0.39 is 6.04 Å². The summed E-state index contributed by atoms with van der Waals surface area (Å²) in [5.41, 5.74) is 3.76. The highest BCUT2D eigenvalue weighted by atomic mass is 16.5. The highest BCUT2D eigenvalue weighted by Crippen LogP contribution is 2.27. The van der Waals surface area contributed by atoms with Crippen LogP contribution in [-0.2, 0) is 29.0 Å². The summed E-state index contributed by atoms with van der Waals surface area (Å²) >= 11 is 0. The van der Waals surface area contributed by atoms with Crippen molar-refractivity contribution < 1.29 is 14.3 Å².